The molecule has 3 N–H and O–H groups in total. The summed E-state index contributed by atoms with van der Waals surface area (Å²) in [7, 11) is 1.92. The number of hydrogen-bond acceptors (Lipinski definition) is 4. The monoisotopic (exact) mass is 246 g/mol. The molecule has 1 atom stereocenters. The van der Waals surface area contributed by atoms with Crippen LogP contribution in [0.5, 0.6) is 0 Å². The Kier molecular flexibility index (Phi) is 5.31. The standard InChI is InChI=1S/C13H18N4O/c1-10(7-14)8-17(2)9-11-5-3-4-6-12(11)13(18)16-15/h3-6,10H,8-9,15H2,1-2H3,(H,16,18). The average Bonchev–Trinajstić information content (AvgIpc) is 2.38. The molecule has 0 radical (unpaired) electrons. The maximum atomic E-state index is 11.6. The first kappa shape index (κ1) is 14.2. The summed E-state index contributed by atoms with van der Waals surface area (Å²) in [4.78, 5) is 13.6. The Balaban J connectivity index is 2.78. The lowest BCUT2D eigenvalue weighted by Gasteiger charge is -2.19. The molecule has 18 heavy (non-hydrogen) atoms. The van der Waals surface area contributed by atoms with Gasteiger partial charge in [-0.2, -0.15) is 5.26 Å². The number of benzene rings is 1. The van der Waals surface area contributed by atoms with Crippen LogP contribution >= 0.6 is 0 Å². The van der Waals surface area contributed by atoms with Crippen LogP contribution < -0.4 is 11.3 Å². The zero-order chi connectivity index (χ0) is 13.5. The first-order chi connectivity index (χ1) is 8.58. The van der Waals surface area contributed by atoms with Gasteiger partial charge in [0.2, 0.25) is 0 Å². The molecule has 96 valence electrons. The van der Waals surface area contributed by atoms with Gasteiger partial charge in [-0.1, -0.05) is 18.2 Å². The fourth-order valence-corrected chi connectivity index (χ4v) is 1.82. The second-order valence-corrected chi connectivity index (χ2v) is 4.36. The molecule has 0 aliphatic rings. The van der Waals surface area contributed by atoms with E-state index < -0.39 is 0 Å². The Morgan fingerprint density at radius 1 is 1.56 bits per heavy atom. The minimum Gasteiger partial charge on any atom is -0.301 e. The summed E-state index contributed by atoms with van der Waals surface area (Å²) in [6.45, 7) is 3.14. The lowest BCUT2D eigenvalue weighted by Crippen LogP contribution is -2.32. The van der Waals surface area contributed by atoms with Crippen molar-refractivity contribution in [3.63, 3.8) is 0 Å². The number of amides is 1. The van der Waals surface area contributed by atoms with Crippen LogP contribution in [0.3, 0.4) is 0 Å². The van der Waals surface area contributed by atoms with Crippen molar-refractivity contribution in [3.8, 4) is 6.07 Å². The predicted molar refractivity (Wildman–Crippen MR) is 69.2 cm³/mol. The number of hydrazine groups is 1. The SMILES string of the molecule is CC(C#N)CN(C)Cc1ccccc1C(=O)NN. The van der Waals surface area contributed by atoms with Gasteiger partial charge in [0, 0.05) is 18.7 Å². The molecule has 0 saturated heterocycles. The number of nitrogens with one attached hydrogen (secondary N) is 1. The highest BCUT2D eigenvalue weighted by atomic mass is 16.2. The number of nitrogens with zero attached hydrogens (tertiary/aromatic N) is 2. The second-order valence-electron chi connectivity index (χ2n) is 4.36. The van der Waals surface area contributed by atoms with Gasteiger partial charge in [-0.05, 0) is 25.6 Å². The molecule has 0 saturated carbocycles. The van der Waals surface area contributed by atoms with Crippen LogP contribution in [0, 0.1) is 17.2 Å². The molecule has 1 rings (SSSR count). The molecule has 0 fully saturated rings. The van der Waals surface area contributed by atoms with Crippen LogP contribution in [0.4, 0.5) is 0 Å². The lowest BCUT2D eigenvalue weighted by atomic mass is 10.1. The van der Waals surface area contributed by atoms with Crippen molar-refractivity contribution in [3.05, 3.63) is 35.4 Å². The van der Waals surface area contributed by atoms with Crippen molar-refractivity contribution in [1.82, 2.24) is 10.3 Å². The van der Waals surface area contributed by atoms with E-state index in [1.54, 1.807) is 12.1 Å². The van der Waals surface area contributed by atoms with Gasteiger partial charge in [0.1, 0.15) is 0 Å². The fraction of sp³-hybridized carbons (Fsp3) is 0.385. The molecule has 0 spiro atoms. The fourth-order valence-electron chi connectivity index (χ4n) is 1.82. The van der Waals surface area contributed by atoms with Gasteiger partial charge in [0.25, 0.3) is 5.91 Å². The second kappa shape index (κ2) is 6.74. The Morgan fingerprint density at radius 2 is 2.22 bits per heavy atom. The van der Waals surface area contributed by atoms with Crippen LogP contribution in [-0.4, -0.2) is 24.4 Å². The smallest absolute Gasteiger partial charge is 0.265 e. The molecule has 5 heteroatoms. The molecule has 1 aromatic carbocycles. The van der Waals surface area contributed by atoms with Gasteiger partial charge in [0.15, 0.2) is 0 Å². The third-order valence-electron chi connectivity index (χ3n) is 2.64. The Bertz CT molecular complexity index is 453. The number of carbonyl (C=O) groups excluding carboxylic acids is 1. The number of nitriles is 1. The normalized spacial score (nSPS) is 11.9. The predicted octanol–water partition coefficient (Wildman–Crippen LogP) is 0.882. The van der Waals surface area contributed by atoms with Crippen molar-refractivity contribution in [2.24, 2.45) is 11.8 Å². The zero-order valence-corrected chi connectivity index (χ0v) is 10.7. The summed E-state index contributed by atoms with van der Waals surface area (Å²) < 4.78 is 0. The molecule has 0 aliphatic heterocycles. The molecule has 1 unspecified atom stereocenters. The first-order valence-corrected chi connectivity index (χ1v) is 5.75. The van der Waals surface area contributed by atoms with Crippen molar-refractivity contribution in [2.75, 3.05) is 13.6 Å². The molecule has 1 amide bonds. The Hall–Kier alpha value is -1.90. The van der Waals surface area contributed by atoms with Crippen LogP contribution in [0.15, 0.2) is 24.3 Å². The van der Waals surface area contributed by atoms with E-state index in [2.05, 4.69) is 11.5 Å². The van der Waals surface area contributed by atoms with Gasteiger partial charge < -0.3 is 4.90 Å². The summed E-state index contributed by atoms with van der Waals surface area (Å²) in [5.41, 5.74) is 3.60. The molecule has 5 nitrogen and oxygen atoms in total. The quantitative estimate of drug-likeness (QED) is 0.459. The molecule has 0 heterocycles. The number of rotatable bonds is 5. The maximum absolute atomic E-state index is 11.6. The van der Waals surface area contributed by atoms with Crippen LogP contribution in [0.2, 0.25) is 0 Å². The zero-order valence-electron chi connectivity index (χ0n) is 10.7. The number of carbonyl (C=O) groups is 1. The average molecular weight is 246 g/mol. The molecule has 1 aromatic rings. The first-order valence-electron chi connectivity index (χ1n) is 5.75. The summed E-state index contributed by atoms with van der Waals surface area (Å²) in [6.07, 6.45) is 0. The third-order valence-corrected chi connectivity index (χ3v) is 2.64. The minimum absolute atomic E-state index is 0.0366. The van der Waals surface area contributed by atoms with Gasteiger partial charge >= 0.3 is 0 Å². The Labute approximate surface area is 107 Å². The summed E-state index contributed by atoms with van der Waals surface area (Å²) in [5.74, 6) is 4.81. The maximum Gasteiger partial charge on any atom is 0.265 e. The summed E-state index contributed by atoms with van der Waals surface area (Å²) in [6, 6.07) is 9.49. The largest absolute Gasteiger partial charge is 0.301 e. The number of hydrogen-bond donors (Lipinski definition) is 2. The van der Waals surface area contributed by atoms with E-state index in [0.29, 0.717) is 18.7 Å². The van der Waals surface area contributed by atoms with Gasteiger partial charge in [-0.15, -0.1) is 0 Å². The van der Waals surface area contributed by atoms with Crippen molar-refractivity contribution in [1.29, 1.82) is 5.26 Å². The van der Waals surface area contributed by atoms with Gasteiger partial charge in [0.05, 0.1) is 12.0 Å². The van der Waals surface area contributed by atoms with E-state index >= 15 is 0 Å². The van der Waals surface area contributed by atoms with Crippen molar-refractivity contribution in [2.45, 2.75) is 13.5 Å². The minimum atomic E-state index is -0.299. The van der Waals surface area contributed by atoms with E-state index in [9.17, 15) is 4.79 Å². The molecular formula is C13H18N4O. The van der Waals surface area contributed by atoms with Crippen LogP contribution in [-0.2, 0) is 6.54 Å². The summed E-state index contributed by atoms with van der Waals surface area (Å²) >= 11 is 0. The van der Waals surface area contributed by atoms with E-state index in [1.807, 2.05) is 31.0 Å². The van der Waals surface area contributed by atoms with Crippen LogP contribution in [0.1, 0.15) is 22.8 Å². The topological polar surface area (TPSA) is 82.2 Å². The summed E-state index contributed by atoms with van der Waals surface area (Å²) in [5, 5.41) is 8.77. The van der Waals surface area contributed by atoms with Crippen molar-refractivity contribution < 1.29 is 4.79 Å². The highest BCUT2D eigenvalue weighted by Gasteiger charge is 2.12. The van der Waals surface area contributed by atoms with E-state index in [4.69, 9.17) is 11.1 Å². The van der Waals surface area contributed by atoms with Gasteiger partial charge in [-0.3, -0.25) is 10.2 Å². The lowest BCUT2D eigenvalue weighted by molar-refractivity contribution is 0.0952. The third kappa shape index (κ3) is 3.84. The van der Waals surface area contributed by atoms with E-state index in [-0.39, 0.29) is 11.8 Å². The van der Waals surface area contributed by atoms with Crippen LogP contribution in [0.25, 0.3) is 0 Å². The van der Waals surface area contributed by atoms with E-state index in [1.165, 1.54) is 0 Å². The molecule has 0 aliphatic carbocycles. The van der Waals surface area contributed by atoms with E-state index in [0.717, 1.165) is 5.56 Å². The molecular weight excluding hydrogens is 228 g/mol. The van der Waals surface area contributed by atoms with Gasteiger partial charge in [-0.25, -0.2) is 5.84 Å². The highest BCUT2D eigenvalue weighted by molar-refractivity contribution is 5.95. The number of nitrogen functional groups attached to an aromatic ring is 1. The Morgan fingerprint density at radius 3 is 2.83 bits per heavy atom. The molecule has 0 bridgehead atoms. The number of nitrogens with two attached hydrogens (primary N) is 1. The van der Waals surface area contributed by atoms with Crippen molar-refractivity contribution >= 4 is 5.91 Å². The molecule has 0 aromatic heterocycles. The highest BCUT2D eigenvalue weighted by Crippen LogP contribution is 2.11.